The van der Waals surface area contributed by atoms with Gasteiger partial charge in [0.25, 0.3) is 0 Å². The first-order chi connectivity index (χ1) is 20.8. The molecule has 0 saturated heterocycles. The van der Waals surface area contributed by atoms with E-state index in [2.05, 4.69) is 4.98 Å². The fourth-order valence-corrected chi connectivity index (χ4v) is 8.31. The maximum atomic E-state index is 13.5. The number of hydrogen-bond acceptors (Lipinski definition) is 9. The Bertz CT molecular complexity index is 1730. The lowest BCUT2D eigenvalue weighted by Gasteiger charge is -2.66. The van der Waals surface area contributed by atoms with Gasteiger partial charge in [0.05, 0.1) is 28.7 Å². The van der Waals surface area contributed by atoms with Gasteiger partial charge in [0.15, 0.2) is 0 Å². The Morgan fingerprint density at radius 2 is 1.89 bits per heavy atom. The van der Waals surface area contributed by atoms with Crippen molar-refractivity contribution in [2.75, 3.05) is 0 Å². The number of benzene rings is 1. The second-order valence-corrected chi connectivity index (χ2v) is 13.0. The Morgan fingerprint density at radius 3 is 2.52 bits per heavy atom. The van der Waals surface area contributed by atoms with E-state index in [0.717, 1.165) is 0 Å². The van der Waals surface area contributed by atoms with Gasteiger partial charge < -0.3 is 24.1 Å². The Hall–Kier alpha value is -4.49. The van der Waals surface area contributed by atoms with Gasteiger partial charge >= 0.3 is 17.6 Å². The molecule has 3 aliphatic rings. The number of nitriles is 1. The zero-order chi connectivity index (χ0) is 31.6. The predicted octanol–water partition coefficient (Wildman–Crippen LogP) is 5.15. The van der Waals surface area contributed by atoms with Gasteiger partial charge in [0, 0.05) is 29.9 Å². The maximum Gasteiger partial charge on any atom is 0.345 e. The van der Waals surface area contributed by atoms with E-state index in [1.54, 1.807) is 38.4 Å². The SMILES string of the molecule is C[C@H]1CC[C@]2(C)C3C(O)c4c(cc(-c5cccnc5)oc4=O)O[C@]3(C)[C@@H](OC(=O)c3ccc(C#N)cc3)CC2[C@]1(C)C(=O)O. The number of fused-ring (bicyclic) bond motifs is 4. The van der Waals surface area contributed by atoms with E-state index in [0.29, 0.717) is 24.0 Å². The monoisotopic (exact) mass is 598 g/mol. The number of nitrogens with zero attached hydrogens (tertiary/aromatic N) is 2. The molecule has 3 heterocycles. The normalized spacial score (nSPS) is 33.9. The Balaban J connectivity index is 1.50. The predicted molar refractivity (Wildman–Crippen MR) is 156 cm³/mol. The molecule has 2 N–H and O–H groups in total. The van der Waals surface area contributed by atoms with Crippen LogP contribution < -0.4 is 10.4 Å². The summed E-state index contributed by atoms with van der Waals surface area (Å²) in [7, 11) is 0. The summed E-state index contributed by atoms with van der Waals surface area (Å²) in [5.41, 5.74) is -3.04. The van der Waals surface area contributed by atoms with Crippen LogP contribution in [0.4, 0.5) is 0 Å². The molecule has 44 heavy (non-hydrogen) atoms. The molecule has 0 amide bonds. The summed E-state index contributed by atoms with van der Waals surface area (Å²) in [6.45, 7) is 7.35. The molecule has 8 atom stereocenters. The molecule has 3 aromatic rings. The molecule has 1 aliphatic heterocycles. The average molecular weight is 599 g/mol. The third-order valence-electron chi connectivity index (χ3n) is 10.9. The van der Waals surface area contributed by atoms with Crippen LogP contribution in [0.25, 0.3) is 11.3 Å². The fraction of sp³-hybridized carbons (Fsp3) is 0.441. The summed E-state index contributed by atoms with van der Waals surface area (Å²) in [5, 5.41) is 31.9. The molecule has 0 radical (unpaired) electrons. The molecule has 1 aromatic carbocycles. The summed E-state index contributed by atoms with van der Waals surface area (Å²) in [5.74, 6) is -2.87. The van der Waals surface area contributed by atoms with Crippen LogP contribution >= 0.6 is 0 Å². The Labute approximate surface area is 254 Å². The first-order valence-corrected chi connectivity index (χ1v) is 14.7. The second-order valence-electron chi connectivity index (χ2n) is 13.0. The van der Waals surface area contributed by atoms with Crippen LogP contribution in [0.3, 0.4) is 0 Å². The number of esters is 1. The standard InChI is InChI=1S/C34H34N2O8/c1-18-11-12-32(2)24(33(18,3)31(40)41)15-25(43-29(38)20-9-7-19(16-35)8-10-20)34(4)28(32)27(37)26-23(44-34)14-22(42-30(26)39)21-6-5-13-36-17-21/h5-10,13-14,17-18,24-25,27-28,37H,11-12,15H2,1-4H3,(H,40,41)/t18-,24?,25-,27?,28?,32-,33+,34+/m0/s1. The highest BCUT2D eigenvalue weighted by Crippen LogP contribution is 2.68. The van der Waals surface area contributed by atoms with Gasteiger partial charge in [-0.25, -0.2) is 9.59 Å². The van der Waals surface area contributed by atoms with E-state index in [-0.39, 0.29) is 35.0 Å². The highest BCUT2D eigenvalue weighted by atomic mass is 16.6. The highest BCUT2D eigenvalue weighted by Gasteiger charge is 2.71. The number of ether oxygens (including phenoxy) is 2. The molecule has 0 bridgehead atoms. The van der Waals surface area contributed by atoms with Crippen molar-refractivity contribution < 1.29 is 33.7 Å². The molecular formula is C34H34N2O8. The molecule has 6 rings (SSSR count). The minimum Gasteiger partial charge on any atom is -0.482 e. The number of rotatable bonds is 4. The van der Waals surface area contributed by atoms with Gasteiger partial charge in [0.1, 0.15) is 28.8 Å². The van der Waals surface area contributed by atoms with Crippen LogP contribution in [0, 0.1) is 39.9 Å². The third kappa shape index (κ3) is 4.25. The van der Waals surface area contributed by atoms with Crippen molar-refractivity contribution in [3.63, 3.8) is 0 Å². The van der Waals surface area contributed by atoms with Crippen molar-refractivity contribution in [2.45, 2.75) is 64.8 Å². The van der Waals surface area contributed by atoms with Gasteiger partial charge in [-0.1, -0.05) is 13.8 Å². The first kappa shape index (κ1) is 29.6. The lowest BCUT2D eigenvalue weighted by atomic mass is 9.41. The summed E-state index contributed by atoms with van der Waals surface area (Å²) in [6.07, 6.45) is 2.08. The third-order valence-corrected chi connectivity index (χ3v) is 10.9. The molecule has 2 aromatic heterocycles. The quantitative estimate of drug-likeness (QED) is 0.385. The Morgan fingerprint density at radius 1 is 1.16 bits per heavy atom. The maximum absolute atomic E-state index is 13.5. The van der Waals surface area contributed by atoms with Crippen molar-refractivity contribution in [3.05, 3.63) is 82.0 Å². The molecule has 0 spiro atoms. The summed E-state index contributed by atoms with van der Waals surface area (Å²) in [4.78, 5) is 44.0. The minimum absolute atomic E-state index is 0.0465. The minimum atomic E-state index is -1.39. The number of carboxylic acids is 1. The Kier molecular flexibility index (Phi) is 6.93. The number of pyridine rings is 1. The van der Waals surface area contributed by atoms with Gasteiger partial charge in [-0.3, -0.25) is 9.78 Å². The number of aliphatic hydroxyl groups excluding tert-OH is 1. The van der Waals surface area contributed by atoms with Gasteiger partial charge in [-0.2, -0.15) is 5.26 Å². The molecule has 2 saturated carbocycles. The molecule has 10 heteroatoms. The fourth-order valence-electron chi connectivity index (χ4n) is 8.31. The van der Waals surface area contributed by atoms with E-state index in [9.17, 15) is 29.9 Å². The largest absolute Gasteiger partial charge is 0.482 e. The summed E-state index contributed by atoms with van der Waals surface area (Å²) >= 11 is 0. The number of hydrogen-bond donors (Lipinski definition) is 2. The second kappa shape index (κ2) is 10.3. The number of carbonyl (C=O) groups excluding carboxylic acids is 1. The van der Waals surface area contributed by atoms with Crippen LogP contribution in [-0.2, 0) is 9.53 Å². The van der Waals surface area contributed by atoms with Gasteiger partial charge in [-0.05, 0) is 86.8 Å². The summed E-state index contributed by atoms with van der Waals surface area (Å²) in [6, 6.07) is 13.0. The molecule has 3 unspecified atom stereocenters. The number of carboxylic acid groups (broad SMARTS) is 1. The summed E-state index contributed by atoms with van der Waals surface area (Å²) < 4.78 is 18.5. The van der Waals surface area contributed by atoms with E-state index in [1.165, 1.54) is 30.3 Å². The highest BCUT2D eigenvalue weighted by molar-refractivity contribution is 5.89. The molecule has 2 aliphatic carbocycles. The lowest BCUT2D eigenvalue weighted by Crippen LogP contribution is -2.71. The van der Waals surface area contributed by atoms with Crippen LogP contribution in [0.5, 0.6) is 5.75 Å². The van der Waals surface area contributed by atoms with E-state index >= 15 is 0 Å². The van der Waals surface area contributed by atoms with Crippen LogP contribution in [0.15, 0.2) is 64.1 Å². The van der Waals surface area contributed by atoms with Crippen molar-refractivity contribution in [1.82, 2.24) is 4.98 Å². The van der Waals surface area contributed by atoms with Gasteiger partial charge in [0.2, 0.25) is 0 Å². The molecule has 2 fully saturated rings. The zero-order valence-corrected chi connectivity index (χ0v) is 24.9. The molecule has 10 nitrogen and oxygen atoms in total. The molecule has 228 valence electrons. The lowest BCUT2D eigenvalue weighted by molar-refractivity contribution is -0.253. The topological polar surface area (TPSA) is 160 Å². The van der Waals surface area contributed by atoms with E-state index < -0.39 is 58.0 Å². The van der Waals surface area contributed by atoms with Crippen LogP contribution in [-0.4, -0.2) is 38.8 Å². The average Bonchev–Trinajstić information content (AvgIpc) is 3.00. The number of aliphatic hydroxyl groups is 1. The van der Waals surface area contributed by atoms with E-state index in [1.807, 2.05) is 19.9 Å². The van der Waals surface area contributed by atoms with Crippen LogP contribution in [0.1, 0.15) is 74.5 Å². The van der Waals surface area contributed by atoms with E-state index in [4.69, 9.17) is 13.9 Å². The number of carbonyl (C=O) groups is 2. The van der Waals surface area contributed by atoms with Crippen molar-refractivity contribution in [1.29, 1.82) is 5.26 Å². The molecular weight excluding hydrogens is 564 g/mol. The number of aliphatic carboxylic acids is 1. The van der Waals surface area contributed by atoms with Gasteiger partial charge in [-0.15, -0.1) is 0 Å². The smallest absolute Gasteiger partial charge is 0.345 e. The van der Waals surface area contributed by atoms with Crippen molar-refractivity contribution >= 4 is 11.9 Å². The zero-order valence-electron chi connectivity index (χ0n) is 24.9. The van der Waals surface area contributed by atoms with Crippen LogP contribution in [0.2, 0.25) is 0 Å². The first-order valence-electron chi connectivity index (χ1n) is 14.7. The van der Waals surface area contributed by atoms with Crippen molar-refractivity contribution in [2.24, 2.45) is 28.6 Å². The van der Waals surface area contributed by atoms with Crippen molar-refractivity contribution in [3.8, 4) is 23.1 Å². The number of aromatic nitrogens is 1.